The predicted octanol–water partition coefficient (Wildman–Crippen LogP) is 5.52. The number of ether oxygens (including phenoxy) is 1. The van der Waals surface area contributed by atoms with E-state index in [-0.39, 0.29) is 16.7 Å². The van der Waals surface area contributed by atoms with Gasteiger partial charge in [-0.15, -0.1) is 0 Å². The maximum Gasteiger partial charge on any atom is 0.320 e. The first-order valence-corrected chi connectivity index (χ1v) is 12.5. The van der Waals surface area contributed by atoms with E-state index in [9.17, 15) is 9.18 Å². The molecule has 0 aromatic heterocycles. The fourth-order valence-corrected chi connectivity index (χ4v) is 5.83. The van der Waals surface area contributed by atoms with Crippen molar-refractivity contribution in [3.8, 4) is 5.75 Å². The van der Waals surface area contributed by atoms with Crippen LogP contribution in [0.2, 0.25) is 10.0 Å². The molecule has 2 fully saturated rings. The zero-order valence-electron chi connectivity index (χ0n) is 19.5. The molecule has 5 nitrogen and oxygen atoms in total. The van der Waals surface area contributed by atoms with E-state index >= 15 is 0 Å². The highest BCUT2D eigenvalue weighted by Gasteiger charge is 2.39. The molecular formula is C26H31Cl2FN2O3. The van der Waals surface area contributed by atoms with Gasteiger partial charge in [-0.25, -0.2) is 4.39 Å². The van der Waals surface area contributed by atoms with E-state index in [1.165, 1.54) is 11.6 Å². The maximum absolute atomic E-state index is 14.6. The van der Waals surface area contributed by atoms with E-state index in [0.29, 0.717) is 31.1 Å². The van der Waals surface area contributed by atoms with Gasteiger partial charge in [0.2, 0.25) is 0 Å². The van der Waals surface area contributed by atoms with Gasteiger partial charge in [-0.1, -0.05) is 35.3 Å². The Morgan fingerprint density at radius 1 is 1.24 bits per heavy atom. The first kappa shape index (κ1) is 25.2. The van der Waals surface area contributed by atoms with Crippen molar-refractivity contribution in [2.45, 2.75) is 56.2 Å². The van der Waals surface area contributed by atoms with Gasteiger partial charge >= 0.3 is 5.97 Å². The lowest BCUT2D eigenvalue weighted by Crippen LogP contribution is -2.44. The van der Waals surface area contributed by atoms with Crippen LogP contribution in [0.3, 0.4) is 0 Å². The summed E-state index contributed by atoms with van der Waals surface area (Å²) < 4.78 is 20.5. The Balaban J connectivity index is 1.45. The van der Waals surface area contributed by atoms with Crippen LogP contribution in [0.1, 0.15) is 43.2 Å². The smallest absolute Gasteiger partial charge is 0.320 e. The molecule has 1 heterocycles. The molecule has 0 unspecified atom stereocenters. The van der Waals surface area contributed by atoms with Crippen LogP contribution in [0.15, 0.2) is 36.4 Å². The van der Waals surface area contributed by atoms with E-state index in [2.05, 4.69) is 36.4 Å². The molecule has 34 heavy (non-hydrogen) atoms. The zero-order valence-corrected chi connectivity index (χ0v) is 21.0. The molecule has 0 radical (unpaired) electrons. The highest BCUT2D eigenvalue weighted by Crippen LogP contribution is 2.45. The second-order valence-corrected chi connectivity index (χ2v) is 10.6. The Bertz CT molecular complexity index is 1040. The van der Waals surface area contributed by atoms with Crippen LogP contribution in [0, 0.1) is 11.7 Å². The van der Waals surface area contributed by atoms with Gasteiger partial charge in [-0.05, 0) is 81.4 Å². The lowest BCUT2D eigenvalue weighted by molar-refractivity contribution is -0.139. The summed E-state index contributed by atoms with van der Waals surface area (Å²) in [7, 11) is 4.22. The van der Waals surface area contributed by atoms with Crippen molar-refractivity contribution < 1.29 is 19.0 Å². The zero-order chi connectivity index (χ0) is 24.5. The summed E-state index contributed by atoms with van der Waals surface area (Å²) in [5.74, 6) is -0.638. The minimum absolute atomic E-state index is 0.0719. The van der Waals surface area contributed by atoms with Crippen molar-refractivity contribution in [2.75, 3.05) is 20.6 Å². The third kappa shape index (κ3) is 5.35. The summed E-state index contributed by atoms with van der Waals surface area (Å²) in [5.41, 5.74) is 1.90. The molecule has 0 amide bonds. The Hall–Kier alpha value is -1.86. The molecule has 0 spiro atoms. The fourth-order valence-electron chi connectivity index (χ4n) is 5.45. The molecule has 2 aromatic rings. The van der Waals surface area contributed by atoms with Gasteiger partial charge in [0.15, 0.2) is 0 Å². The van der Waals surface area contributed by atoms with E-state index < -0.39 is 17.8 Å². The minimum Gasteiger partial charge on any atom is -0.489 e. The van der Waals surface area contributed by atoms with Crippen molar-refractivity contribution >= 4 is 29.2 Å². The molecule has 1 aliphatic carbocycles. The Morgan fingerprint density at radius 3 is 2.59 bits per heavy atom. The van der Waals surface area contributed by atoms with Crippen LogP contribution < -0.4 is 10.1 Å². The normalized spacial score (nSPS) is 27.2. The first-order valence-electron chi connectivity index (χ1n) is 11.7. The fraction of sp³-hybridized carbons (Fsp3) is 0.500. The first-order chi connectivity index (χ1) is 16.2. The molecular weight excluding hydrogens is 478 g/mol. The quantitative estimate of drug-likeness (QED) is 0.515. The predicted molar refractivity (Wildman–Crippen MR) is 132 cm³/mol. The highest BCUT2D eigenvalue weighted by atomic mass is 35.5. The lowest BCUT2D eigenvalue weighted by atomic mass is 9.70. The van der Waals surface area contributed by atoms with E-state index in [4.69, 9.17) is 33.0 Å². The molecule has 184 valence electrons. The monoisotopic (exact) mass is 508 g/mol. The Morgan fingerprint density at radius 2 is 1.97 bits per heavy atom. The summed E-state index contributed by atoms with van der Waals surface area (Å²) >= 11 is 12.6. The Kier molecular flexibility index (Phi) is 7.72. The average molecular weight is 509 g/mol. The number of rotatable bonds is 7. The number of benzene rings is 2. The van der Waals surface area contributed by atoms with Gasteiger partial charge in [0.25, 0.3) is 0 Å². The van der Waals surface area contributed by atoms with Crippen molar-refractivity contribution in [3.63, 3.8) is 0 Å². The molecule has 2 atom stereocenters. The van der Waals surface area contributed by atoms with E-state index in [0.717, 1.165) is 36.3 Å². The van der Waals surface area contributed by atoms with Gasteiger partial charge in [0, 0.05) is 29.6 Å². The van der Waals surface area contributed by atoms with E-state index in [1.54, 1.807) is 0 Å². The highest BCUT2D eigenvalue weighted by molar-refractivity contribution is 6.31. The Labute approximate surface area is 210 Å². The van der Waals surface area contributed by atoms with Gasteiger partial charge in [0.05, 0.1) is 5.02 Å². The van der Waals surface area contributed by atoms with E-state index in [1.807, 2.05) is 18.2 Å². The van der Waals surface area contributed by atoms with Crippen LogP contribution in [-0.4, -0.2) is 48.8 Å². The number of hydrogen-bond donors (Lipinski definition) is 2. The lowest BCUT2D eigenvalue weighted by Gasteiger charge is -2.46. The third-order valence-corrected chi connectivity index (χ3v) is 8.09. The number of carbonyl (C=O) groups is 1. The van der Waals surface area contributed by atoms with Crippen LogP contribution in [0.5, 0.6) is 5.75 Å². The van der Waals surface area contributed by atoms with Gasteiger partial charge in [-0.2, -0.15) is 0 Å². The van der Waals surface area contributed by atoms with Gasteiger partial charge in [-0.3, -0.25) is 9.69 Å². The SMILES string of the molecule is CN(C)C1(c2cccc(Cl)c2)CCC(Cc2cc(O[C@@H]3CN[C@H](C(=O)O)C3)cc(F)c2Cl)CC1. The maximum atomic E-state index is 14.6. The summed E-state index contributed by atoms with van der Waals surface area (Å²) in [5, 5.41) is 12.9. The largest absolute Gasteiger partial charge is 0.489 e. The van der Waals surface area contributed by atoms with Crippen LogP contribution in [0.25, 0.3) is 0 Å². The molecule has 2 aromatic carbocycles. The standard InChI is InChI=1S/C26H31Cl2FN2O3/c1-31(2)26(18-4-3-5-19(27)12-18)8-6-16(7-9-26)10-17-11-20(13-22(29)24(17)28)34-21-14-23(25(32)33)30-15-21/h3-5,11-13,16,21,23,30H,6-10,14-15H2,1-2H3,(H,32,33)/t16?,21-,23-,26?/m0/s1. The van der Waals surface area contributed by atoms with Crippen molar-refractivity contribution in [3.05, 3.63) is 63.4 Å². The molecule has 0 bridgehead atoms. The summed E-state index contributed by atoms with van der Waals surface area (Å²) in [4.78, 5) is 13.5. The molecule has 4 rings (SSSR count). The average Bonchev–Trinajstić information content (AvgIpc) is 3.26. The van der Waals surface area contributed by atoms with Crippen LogP contribution in [0.4, 0.5) is 4.39 Å². The van der Waals surface area contributed by atoms with Gasteiger partial charge < -0.3 is 15.2 Å². The van der Waals surface area contributed by atoms with Crippen LogP contribution in [-0.2, 0) is 16.8 Å². The van der Waals surface area contributed by atoms with Crippen LogP contribution >= 0.6 is 23.2 Å². The summed E-state index contributed by atoms with van der Waals surface area (Å²) in [6.45, 7) is 0.412. The minimum atomic E-state index is -0.905. The van der Waals surface area contributed by atoms with Crippen molar-refractivity contribution in [2.24, 2.45) is 5.92 Å². The summed E-state index contributed by atoms with van der Waals surface area (Å²) in [6, 6.07) is 10.6. The number of carboxylic acid groups (broad SMARTS) is 1. The summed E-state index contributed by atoms with van der Waals surface area (Å²) in [6.07, 6.45) is 4.63. The third-order valence-electron chi connectivity index (χ3n) is 7.43. The number of aliphatic carboxylic acids is 1. The van der Waals surface area contributed by atoms with Crippen molar-refractivity contribution in [1.29, 1.82) is 0 Å². The molecule has 8 heteroatoms. The molecule has 2 N–H and O–H groups in total. The number of halogens is 3. The molecule has 1 aliphatic heterocycles. The van der Waals surface area contributed by atoms with Crippen molar-refractivity contribution in [1.82, 2.24) is 10.2 Å². The number of nitrogens with zero attached hydrogens (tertiary/aromatic N) is 1. The molecule has 1 saturated heterocycles. The number of carboxylic acids is 1. The second-order valence-electron chi connectivity index (χ2n) is 9.74. The number of nitrogens with one attached hydrogen (secondary N) is 1. The topological polar surface area (TPSA) is 61.8 Å². The number of hydrogen-bond acceptors (Lipinski definition) is 4. The molecule has 2 aliphatic rings. The van der Waals surface area contributed by atoms with Gasteiger partial charge in [0.1, 0.15) is 23.7 Å². The molecule has 1 saturated carbocycles. The second kappa shape index (κ2) is 10.4.